The molecule has 0 unspecified atom stereocenters. The third-order valence-corrected chi connectivity index (χ3v) is 6.55. The van der Waals surface area contributed by atoms with Crippen LogP contribution >= 0.6 is 35.0 Å². The molecular formula is C21H19Cl2N3OS. The summed E-state index contributed by atoms with van der Waals surface area (Å²) in [7, 11) is 0. The minimum atomic E-state index is -0.200. The number of benzene rings is 1. The average Bonchev–Trinajstić information content (AvgIpc) is 2.70. The van der Waals surface area contributed by atoms with Gasteiger partial charge < -0.3 is 0 Å². The Morgan fingerprint density at radius 3 is 2.79 bits per heavy atom. The molecule has 0 aliphatic heterocycles. The van der Waals surface area contributed by atoms with Crippen molar-refractivity contribution >= 4 is 35.0 Å². The van der Waals surface area contributed by atoms with E-state index in [2.05, 4.69) is 9.97 Å². The molecule has 0 saturated heterocycles. The number of fused-ring (bicyclic) bond motifs is 1. The summed E-state index contributed by atoms with van der Waals surface area (Å²) in [6.45, 7) is 0.510. The van der Waals surface area contributed by atoms with Crippen LogP contribution < -0.4 is 5.69 Å². The largest absolute Gasteiger partial charge is 0.349 e. The number of thioether (sulfide) groups is 1. The van der Waals surface area contributed by atoms with E-state index in [1.165, 1.54) is 5.56 Å². The Labute approximate surface area is 177 Å². The molecule has 2 heterocycles. The van der Waals surface area contributed by atoms with Crippen molar-refractivity contribution in [3.05, 3.63) is 85.6 Å². The van der Waals surface area contributed by atoms with Crippen LogP contribution in [0.2, 0.25) is 10.0 Å². The van der Waals surface area contributed by atoms with Gasteiger partial charge in [-0.1, -0.05) is 35.3 Å². The fourth-order valence-electron chi connectivity index (χ4n) is 3.49. The van der Waals surface area contributed by atoms with Gasteiger partial charge in [0.15, 0.2) is 0 Å². The maximum absolute atomic E-state index is 12.8. The topological polar surface area (TPSA) is 47.8 Å². The van der Waals surface area contributed by atoms with Gasteiger partial charge in [-0.25, -0.2) is 4.79 Å². The Morgan fingerprint density at radius 2 is 2.00 bits per heavy atom. The van der Waals surface area contributed by atoms with Gasteiger partial charge in [-0.05, 0) is 55.0 Å². The maximum Gasteiger partial charge on any atom is 0.349 e. The first kappa shape index (κ1) is 19.5. The SMILES string of the molecule is O=c1nc(SCc2ccc(Cl)cc2Cl)c2c(n1Cc1cccnc1)CCCC2. The number of hydrogen-bond donors (Lipinski definition) is 0. The van der Waals surface area contributed by atoms with E-state index in [0.29, 0.717) is 22.3 Å². The molecule has 4 rings (SSSR count). The molecule has 0 atom stereocenters. The van der Waals surface area contributed by atoms with Gasteiger partial charge in [-0.15, -0.1) is 11.8 Å². The van der Waals surface area contributed by atoms with Crippen molar-refractivity contribution < 1.29 is 0 Å². The van der Waals surface area contributed by atoms with Crippen LogP contribution in [0, 0.1) is 0 Å². The lowest BCUT2D eigenvalue weighted by molar-refractivity contribution is 0.569. The molecule has 1 aliphatic rings. The highest BCUT2D eigenvalue weighted by Gasteiger charge is 2.21. The van der Waals surface area contributed by atoms with Gasteiger partial charge >= 0.3 is 5.69 Å². The Kier molecular flexibility index (Phi) is 6.04. The van der Waals surface area contributed by atoms with Crippen LogP contribution in [0.3, 0.4) is 0 Å². The standard InChI is InChI=1S/C21H19Cl2N3OS/c22-16-8-7-15(18(23)10-16)13-28-20-17-5-1-2-6-19(17)26(21(27)25-20)12-14-4-3-9-24-11-14/h3-4,7-11H,1-2,5-6,12-13H2. The lowest BCUT2D eigenvalue weighted by Crippen LogP contribution is -2.30. The van der Waals surface area contributed by atoms with Crippen LogP contribution in [0.5, 0.6) is 0 Å². The van der Waals surface area contributed by atoms with Gasteiger partial charge in [-0.3, -0.25) is 9.55 Å². The van der Waals surface area contributed by atoms with E-state index in [1.807, 2.05) is 28.8 Å². The van der Waals surface area contributed by atoms with E-state index in [9.17, 15) is 4.79 Å². The summed E-state index contributed by atoms with van der Waals surface area (Å²) < 4.78 is 1.81. The summed E-state index contributed by atoms with van der Waals surface area (Å²) in [4.78, 5) is 21.4. The van der Waals surface area contributed by atoms with Crippen LogP contribution in [-0.2, 0) is 25.1 Å². The van der Waals surface area contributed by atoms with E-state index < -0.39 is 0 Å². The van der Waals surface area contributed by atoms with Gasteiger partial charge in [0.05, 0.1) is 6.54 Å². The normalized spacial score (nSPS) is 13.4. The van der Waals surface area contributed by atoms with Gasteiger partial charge in [0, 0.05) is 39.4 Å². The highest BCUT2D eigenvalue weighted by molar-refractivity contribution is 7.98. The van der Waals surface area contributed by atoms with Crippen molar-refractivity contribution in [2.45, 2.75) is 43.0 Å². The second-order valence-electron chi connectivity index (χ2n) is 6.80. The smallest absolute Gasteiger partial charge is 0.291 e. The van der Waals surface area contributed by atoms with Crippen molar-refractivity contribution in [3.8, 4) is 0 Å². The van der Waals surface area contributed by atoms with Gasteiger partial charge in [0.25, 0.3) is 0 Å². The summed E-state index contributed by atoms with van der Waals surface area (Å²) in [5.41, 5.74) is 4.10. The lowest BCUT2D eigenvalue weighted by atomic mass is 9.97. The van der Waals surface area contributed by atoms with Crippen LogP contribution in [0.15, 0.2) is 52.5 Å². The highest BCUT2D eigenvalue weighted by Crippen LogP contribution is 2.32. The van der Waals surface area contributed by atoms with Crippen molar-refractivity contribution in [2.24, 2.45) is 0 Å². The maximum atomic E-state index is 12.8. The molecule has 144 valence electrons. The molecule has 3 aromatic rings. The average molecular weight is 432 g/mol. The van der Waals surface area contributed by atoms with E-state index in [4.69, 9.17) is 23.2 Å². The Balaban J connectivity index is 1.65. The minimum Gasteiger partial charge on any atom is -0.291 e. The van der Waals surface area contributed by atoms with E-state index >= 15 is 0 Å². The number of rotatable bonds is 5. The monoisotopic (exact) mass is 431 g/mol. The highest BCUT2D eigenvalue weighted by atomic mass is 35.5. The second kappa shape index (κ2) is 8.68. The van der Waals surface area contributed by atoms with Crippen molar-refractivity contribution in [3.63, 3.8) is 0 Å². The molecule has 0 N–H and O–H groups in total. The molecule has 4 nitrogen and oxygen atoms in total. The molecule has 0 radical (unpaired) electrons. The van der Waals surface area contributed by atoms with Crippen LogP contribution in [0.4, 0.5) is 0 Å². The van der Waals surface area contributed by atoms with Crippen LogP contribution in [0.25, 0.3) is 0 Å². The molecule has 28 heavy (non-hydrogen) atoms. The number of halogens is 2. The van der Waals surface area contributed by atoms with Gasteiger partial charge in [-0.2, -0.15) is 4.98 Å². The summed E-state index contributed by atoms with van der Waals surface area (Å²) in [6.07, 6.45) is 7.61. The first-order valence-electron chi connectivity index (χ1n) is 9.20. The minimum absolute atomic E-state index is 0.200. The fourth-order valence-corrected chi connectivity index (χ4v) is 5.12. The molecule has 0 saturated carbocycles. The molecule has 0 bridgehead atoms. The molecule has 0 amide bonds. The predicted molar refractivity (Wildman–Crippen MR) is 115 cm³/mol. The van der Waals surface area contributed by atoms with Crippen LogP contribution in [-0.4, -0.2) is 14.5 Å². The predicted octanol–water partition coefficient (Wildman–Crippen LogP) is 5.16. The van der Waals surface area contributed by atoms with Crippen molar-refractivity contribution in [1.29, 1.82) is 0 Å². The van der Waals surface area contributed by atoms with Crippen molar-refractivity contribution in [1.82, 2.24) is 14.5 Å². The molecule has 7 heteroatoms. The van der Waals surface area contributed by atoms with E-state index in [1.54, 1.807) is 30.2 Å². The van der Waals surface area contributed by atoms with Crippen LogP contribution in [0.1, 0.15) is 35.2 Å². The third-order valence-electron chi connectivity index (χ3n) is 4.89. The summed E-state index contributed by atoms with van der Waals surface area (Å²) in [5.74, 6) is 0.654. The van der Waals surface area contributed by atoms with E-state index in [0.717, 1.165) is 47.5 Å². The summed E-state index contributed by atoms with van der Waals surface area (Å²) in [5, 5.41) is 2.08. The lowest BCUT2D eigenvalue weighted by Gasteiger charge is -2.22. The second-order valence-corrected chi connectivity index (χ2v) is 8.61. The van der Waals surface area contributed by atoms with Gasteiger partial charge in [0.1, 0.15) is 5.03 Å². The molecule has 1 aromatic carbocycles. The first-order valence-corrected chi connectivity index (χ1v) is 10.9. The molecular weight excluding hydrogens is 413 g/mol. The fraction of sp³-hybridized carbons (Fsp3) is 0.286. The number of pyridine rings is 1. The Morgan fingerprint density at radius 1 is 1.14 bits per heavy atom. The molecule has 1 aliphatic carbocycles. The zero-order valence-corrected chi connectivity index (χ0v) is 17.5. The molecule has 0 fully saturated rings. The quantitative estimate of drug-likeness (QED) is 0.413. The Bertz CT molecular complexity index is 1050. The molecule has 2 aromatic heterocycles. The van der Waals surface area contributed by atoms with Crippen molar-refractivity contribution in [2.75, 3.05) is 0 Å². The Hall–Kier alpha value is -1.82. The number of aromatic nitrogens is 3. The molecule has 0 spiro atoms. The third kappa shape index (κ3) is 4.27. The summed E-state index contributed by atoms with van der Waals surface area (Å²) >= 11 is 13.9. The number of nitrogens with zero attached hydrogens (tertiary/aromatic N) is 3. The summed E-state index contributed by atoms with van der Waals surface area (Å²) in [6, 6.07) is 9.37. The van der Waals surface area contributed by atoms with Gasteiger partial charge in [0.2, 0.25) is 0 Å². The zero-order valence-electron chi connectivity index (χ0n) is 15.2. The zero-order chi connectivity index (χ0) is 19.5. The van der Waals surface area contributed by atoms with E-state index in [-0.39, 0.29) is 5.69 Å². The first-order chi connectivity index (χ1) is 13.6. The number of hydrogen-bond acceptors (Lipinski definition) is 4.